The van der Waals surface area contributed by atoms with E-state index < -0.39 is 258 Å². The molecule has 0 saturated carbocycles. The lowest BCUT2D eigenvalue weighted by atomic mass is 10.2. The van der Waals surface area contributed by atoms with Crippen LogP contribution in [-0.2, 0) is 91.1 Å². The normalized spacial score (nSPS) is 15.3. The standard InChI is InChI=1S/C15H9F17O7.C13H7F17O5.C12H7F17O5.C8H3F13O2.8CH4/c1-2-3-6(33)35-4-5-36-7(34)8(16,17)12(25,26)38-39-15(31,32)10(20,21)14(29,30)37-13(27,28)9(18,19)11(22,23)24;1-2-3-5(31)32-4-6(14,15)10(23,24)34-35-13(29,30)8(18,19)12(27,28)33-11(25,26)7(16,17)9(20,21)22;13-5(14,3-30-1-4-2-31-4)9(22,23)33-34-12(28,29)7(17,18)11(26,27)32-10(24,25)6(15,16)8(19,20)21;1-2-22-6(16,17)4(11,12)8(20,21)23-7(18,19)3(9,10)5(13,14)15;;;;;;;;/h2H,1,3-5H2;2H,1,3-4H2;4H,1-3H2;2H,1H2;8*1H4. The zero-order valence-electron chi connectivity index (χ0n) is 58.5. The van der Waals surface area contributed by atoms with Crippen LogP contribution >= 0.6 is 0 Å². The maximum atomic E-state index is 13.4. The number of halogens is 64. The van der Waals surface area contributed by atoms with Gasteiger partial charge >= 0.3 is 199 Å². The second kappa shape index (κ2) is 48.9. The SMILES string of the molecule is C.C.C.C.C.C.C.C.C=CCC(=O)OCC(F)(F)C(F)(F)OOC(F)(F)C(F)(F)C(F)(F)OC(F)(F)C(F)(F)C(F)(F)F.C=CCC(=O)OCCOC(=O)C(F)(F)C(F)(F)OOC(F)(F)C(F)(F)C(F)(F)OC(F)(F)C(F)(F)C(F)(F)F.C=COC(F)(F)C(F)(F)C(F)(F)OC(F)(F)C(F)(F)C(F)(F)F.FC(F)(F)C(F)(F)C(F)(F)OC(F)(F)C(F)(F)C(F)(F)OOC(F)(F)C(F)(F)COCC1CO1. The van der Waals surface area contributed by atoms with Crippen LogP contribution in [-0.4, -0.2) is 245 Å². The molecule has 0 N–H and O–H groups in total. The van der Waals surface area contributed by atoms with Gasteiger partial charge in [-0.1, -0.05) is 78.1 Å². The fourth-order valence-electron chi connectivity index (χ4n) is 4.99. The summed E-state index contributed by atoms with van der Waals surface area (Å²) in [7, 11) is 0. The van der Waals surface area contributed by atoms with Crippen molar-refractivity contribution in [1.29, 1.82) is 0 Å². The van der Waals surface area contributed by atoms with Crippen molar-refractivity contribution in [2.24, 2.45) is 0 Å². The number of alkyl halides is 64. The summed E-state index contributed by atoms with van der Waals surface area (Å²) >= 11 is 0. The molecule has 1 unspecified atom stereocenters. The third-order valence-electron chi connectivity index (χ3n) is 11.9. The Hall–Kier alpha value is -7.53. The number of hydrogen-bond acceptors (Lipinski definition) is 19. The minimum absolute atomic E-state index is 0. The van der Waals surface area contributed by atoms with Crippen molar-refractivity contribution >= 4 is 17.9 Å². The summed E-state index contributed by atoms with van der Waals surface area (Å²) < 4.78 is 842. The summed E-state index contributed by atoms with van der Waals surface area (Å²) in [4.78, 5) is 43.9. The summed E-state index contributed by atoms with van der Waals surface area (Å²) in [6.45, 7) is -0.263. The van der Waals surface area contributed by atoms with Crippen molar-refractivity contribution in [3.8, 4) is 0 Å². The Morgan fingerprint density at radius 2 is 0.460 bits per heavy atom. The highest BCUT2D eigenvalue weighted by Gasteiger charge is 2.89. The molecule has 1 aliphatic rings. The molecule has 1 atom stereocenters. The Bertz CT molecular complexity index is 3720. The quantitative estimate of drug-likeness (QED) is 0.00640. The summed E-state index contributed by atoms with van der Waals surface area (Å²) in [5, 5.41) is 0. The molecule has 0 aromatic heterocycles. The van der Waals surface area contributed by atoms with Gasteiger partial charge in [0.2, 0.25) is 0 Å². The largest absolute Gasteiger partial charge is 0.473 e. The fraction of sp³-hybridized carbons (Fsp3) is 0.839. The smallest absolute Gasteiger partial charge is 0.462 e. The third-order valence-corrected chi connectivity index (χ3v) is 11.9. The van der Waals surface area contributed by atoms with E-state index in [9.17, 15) is 295 Å². The van der Waals surface area contributed by atoms with E-state index in [1.807, 2.05) is 19.6 Å². The number of esters is 3. The van der Waals surface area contributed by atoms with Gasteiger partial charge in [-0.15, -0.1) is 18.0 Å². The first-order valence-corrected chi connectivity index (χ1v) is 28.9. The number of rotatable bonds is 48. The molecule has 0 aliphatic carbocycles. The average molecular weight is 2250 g/mol. The molecule has 1 aliphatic heterocycles. The highest BCUT2D eigenvalue weighted by molar-refractivity contribution is 5.78. The topological polar surface area (TPSA) is 202 Å². The number of hydrogen-bond donors (Lipinski definition) is 0. The lowest BCUT2D eigenvalue weighted by Crippen LogP contribution is -2.63. The molecule has 19 nitrogen and oxygen atoms in total. The average Bonchev–Trinajstić information content (AvgIpc) is 1.41. The van der Waals surface area contributed by atoms with Crippen molar-refractivity contribution < 1.29 is 372 Å². The molecule has 0 aromatic carbocycles. The highest BCUT2D eigenvalue weighted by atomic mass is 19.5. The summed E-state index contributed by atoms with van der Waals surface area (Å²) in [5.41, 5.74) is 0. The van der Waals surface area contributed by atoms with Gasteiger partial charge in [0.1, 0.15) is 25.9 Å². The second-order valence-corrected chi connectivity index (χ2v) is 22.0. The van der Waals surface area contributed by atoms with Gasteiger partial charge in [0.05, 0.1) is 32.3 Å². The van der Waals surface area contributed by atoms with Gasteiger partial charge in [0.15, 0.2) is 6.61 Å². The van der Waals surface area contributed by atoms with Gasteiger partial charge in [0, 0.05) is 0 Å². The van der Waals surface area contributed by atoms with Crippen molar-refractivity contribution in [3.05, 3.63) is 38.2 Å². The van der Waals surface area contributed by atoms with Gasteiger partial charge in [0.25, 0.3) is 0 Å². The Kier molecular flexibility index (Phi) is 54.3. The predicted octanol–water partition coefficient (Wildman–Crippen LogP) is 26.4. The number of ether oxygens (including phenoxy) is 10. The minimum atomic E-state index is -7.95. The predicted molar refractivity (Wildman–Crippen MR) is 312 cm³/mol. The van der Waals surface area contributed by atoms with Crippen LogP contribution < -0.4 is 0 Å². The molecular formula is C56H58F64O19. The van der Waals surface area contributed by atoms with Crippen LogP contribution in [0.2, 0.25) is 0 Å². The third kappa shape index (κ3) is 35.2. The van der Waals surface area contributed by atoms with E-state index in [2.05, 4.69) is 48.2 Å². The second-order valence-electron chi connectivity index (χ2n) is 22.0. The first-order chi connectivity index (χ1) is 56.7. The molecule has 1 saturated heterocycles. The first-order valence-electron chi connectivity index (χ1n) is 28.9. The zero-order chi connectivity index (χ0) is 106. The lowest BCUT2D eigenvalue weighted by Gasteiger charge is -2.35. The number of epoxide rings is 1. The van der Waals surface area contributed by atoms with Crippen molar-refractivity contribution in [2.75, 3.05) is 39.6 Å². The molecular weight excluding hydrogens is 2190 g/mol. The van der Waals surface area contributed by atoms with Gasteiger partial charge in [-0.2, -0.15) is 305 Å². The van der Waals surface area contributed by atoms with Gasteiger partial charge in [-0.05, 0) is 0 Å². The van der Waals surface area contributed by atoms with Crippen LogP contribution in [0, 0.1) is 0 Å². The molecule has 0 radical (unpaired) electrons. The van der Waals surface area contributed by atoms with Gasteiger partial charge < -0.3 is 28.4 Å². The van der Waals surface area contributed by atoms with Crippen LogP contribution in [0.25, 0.3) is 0 Å². The maximum absolute atomic E-state index is 13.4. The van der Waals surface area contributed by atoms with Crippen molar-refractivity contribution in [3.63, 3.8) is 0 Å². The van der Waals surface area contributed by atoms with Crippen molar-refractivity contribution in [1.82, 2.24) is 0 Å². The summed E-state index contributed by atoms with van der Waals surface area (Å²) in [5.74, 6) is -85.6. The Labute approximate surface area is 727 Å². The molecule has 0 spiro atoms. The van der Waals surface area contributed by atoms with Gasteiger partial charge in [-0.25, -0.2) is 23.7 Å². The Morgan fingerprint density at radius 3 is 0.683 bits per heavy atom. The number of carbonyl (C=O) groups excluding carboxylic acids is 3. The lowest BCUT2D eigenvalue weighted by molar-refractivity contribution is -0.594. The van der Waals surface area contributed by atoms with Crippen LogP contribution in [0.15, 0.2) is 38.2 Å². The minimum Gasteiger partial charge on any atom is -0.462 e. The van der Waals surface area contributed by atoms with E-state index >= 15 is 0 Å². The van der Waals surface area contributed by atoms with Crippen LogP contribution in [0.4, 0.5) is 281 Å². The molecule has 83 heteroatoms. The summed E-state index contributed by atoms with van der Waals surface area (Å²) in [6, 6.07) is 0. The van der Waals surface area contributed by atoms with Crippen molar-refractivity contribution in [2.45, 2.75) is 260 Å². The van der Waals surface area contributed by atoms with E-state index in [0.717, 1.165) is 6.08 Å². The zero-order valence-corrected chi connectivity index (χ0v) is 58.5. The molecule has 0 aromatic rings. The van der Waals surface area contributed by atoms with E-state index in [1.165, 1.54) is 18.9 Å². The van der Waals surface area contributed by atoms with Crippen LogP contribution in [0.3, 0.4) is 0 Å². The number of carbonyl (C=O) groups is 3. The first kappa shape index (κ1) is 154. The van der Waals surface area contributed by atoms with E-state index in [1.54, 1.807) is 9.78 Å². The molecule has 139 heavy (non-hydrogen) atoms. The maximum Gasteiger partial charge on any atom is 0.473 e. The van der Waals surface area contributed by atoms with Gasteiger partial charge in [-0.3, -0.25) is 9.59 Å². The van der Waals surface area contributed by atoms with E-state index in [4.69, 9.17) is 0 Å². The van der Waals surface area contributed by atoms with E-state index in [-0.39, 0.29) is 66.0 Å². The monoisotopic (exact) mass is 2250 g/mol. The molecule has 0 amide bonds. The fourth-order valence-corrected chi connectivity index (χ4v) is 4.99. The molecule has 1 rings (SSSR count). The van der Waals surface area contributed by atoms with E-state index in [0.29, 0.717) is 6.08 Å². The molecule has 1 heterocycles. The van der Waals surface area contributed by atoms with Crippen LogP contribution in [0.5, 0.6) is 0 Å². The highest BCUT2D eigenvalue weighted by Crippen LogP contribution is 2.61. The van der Waals surface area contributed by atoms with Crippen LogP contribution in [0.1, 0.15) is 72.3 Å². The molecule has 1 fully saturated rings. The summed E-state index contributed by atoms with van der Waals surface area (Å²) in [6.07, 6.45) is -140. The molecule has 0 bridgehead atoms. The molecule has 844 valence electrons. The Morgan fingerprint density at radius 1 is 0.259 bits per heavy atom. The Balaban J connectivity index is -0.000000174.